The SMILES string of the molecule is CCc1ccccc1-c1c2ccc(=[N+]3CCc4ccccc43)cc-2oc2cc(N3CCc4ccccc43)ccc12. The molecule has 3 heterocycles. The highest BCUT2D eigenvalue weighted by Gasteiger charge is 2.26. The summed E-state index contributed by atoms with van der Waals surface area (Å²) in [5.74, 6) is 0.925. The molecular weight excluding hydrogens is 488 g/mol. The van der Waals surface area contributed by atoms with E-state index in [1.54, 1.807) is 0 Å². The summed E-state index contributed by atoms with van der Waals surface area (Å²) < 4.78 is 9.23. The van der Waals surface area contributed by atoms with Gasteiger partial charge in [-0.05, 0) is 53.8 Å². The van der Waals surface area contributed by atoms with Gasteiger partial charge < -0.3 is 9.32 Å². The largest absolute Gasteiger partial charge is 0.456 e. The van der Waals surface area contributed by atoms with Crippen molar-refractivity contribution in [3.8, 4) is 22.5 Å². The van der Waals surface area contributed by atoms with Gasteiger partial charge in [-0.25, -0.2) is 0 Å². The van der Waals surface area contributed by atoms with Crippen LogP contribution < -0.4 is 14.8 Å². The third kappa shape index (κ3) is 3.61. The summed E-state index contributed by atoms with van der Waals surface area (Å²) in [5.41, 5.74) is 12.6. The highest BCUT2D eigenvalue weighted by atomic mass is 16.3. The van der Waals surface area contributed by atoms with E-state index in [2.05, 4.69) is 126 Å². The molecule has 0 saturated carbocycles. The number of anilines is 2. The minimum absolute atomic E-state index is 0.925. The number of nitrogens with zero attached hydrogens (tertiary/aromatic N) is 2. The molecule has 0 bridgehead atoms. The zero-order valence-corrected chi connectivity index (χ0v) is 22.7. The summed E-state index contributed by atoms with van der Waals surface area (Å²) >= 11 is 0. The normalized spacial score (nSPS) is 15.6. The molecule has 3 nitrogen and oxygen atoms in total. The van der Waals surface area contributed by atoms with Gasteiger partial charge in [0.05, 0.1) is 6.07 Å². The van der Waals surface area contributed by atoms with Crippen LogP contribution in [0.3, 0.4) is 0 Å². The van der Waals surface area contributed by atoms with Gasteiger partial charge in [-0.15, -0.1) is 0 Å². The molecular formula is C37H31N2O+. The minimum Gasteiger partial charge on any atom is -0.456 e. The Morgan fingerprint density at radius 2 is 1.57 bits per heavy atom. The maximum Gasteiger partial charge on any atom is 0.209 e. The lowest BCUT2D eigenvalue weighted by Crippen LogP contribution is -2.23. The van der Waals surface area contributed by atoms with Crippen LogP contribution in [0, 0.1) is 0 Å². The summed E-state index contributed by atoms with van der Waals surface area (Å²) in [6.45, 7) is 4.22. The van der Waals surface area contributed by atoms with Crippen LogP contribution in [0.2, 0.25) is 0 Å². The Balaban J connectivity index is 1.39. The van der Waals surface area contributed by atoms with Gasteiger partial charge in [-0.1, -0.05) is 67.6 Å². The third-order valence-corrected chi connectivity index (χ3v) is 8.75. The van der Waals surface area contributed by atoms with E-state index in [4.69, 9.17) is 4.42 Å². The monoisotopic (exact) mass is 519 g/mol. The number of rotatable bonds is 3. The Morgan fingerprint density at radius 1 is 0.750 bits per heavy atom. The topological polar surface area (TPSA) is 19.4 Å². The number of benzene rings is 5. The first-order valence-corrected chi connectivity index (χ1v) is 14.4. The Bertz CT molecular complexity index is 1960. The molecule has 0 radical (unpaired) electrons. The molecule has 0 unspecified atom stereocenters. The van der Waals surface area contributed by atoms with Crippen LogP contribution in [-0.2, 0) is 19.3 Å². The molecule has 4 aliphatic rings. The van der Waals surface area contributed by atoms with Gasteiger partial charge in [0.15, 0.2) is 6.54 Å². The Morgan fingerprint density at radius 3 is 2.50 bits per heavy atom. The third-order valence-electron chi connectivity index (χ3n) is 8.75. The van der Waals surface area contributed by atoms with Gasteiger partial charge in [0.1, 0.15) is 11.3 Å². The van der Waals surface area contributed by atoms with Gasteiger partial charge in [-0.3, -0.25) is 0 Å². The molecule has 8 rings (SSSR count). The van der Waals surface area contributed by atoms with Crippen LogP contribution in [-0.4, -0.2) is 13.1 Å². The van der Waals surface area contributed by atoms with Gasteiger partial charge in [-0.2, -0.15) is 4.58 Å². The molecule has 3 aliphatic heterocycles. The number of hydrogen-bond donors (Lipinski definition) is 0. The lowest BCUT2D eigenvalue weighted by molar-refractivity contribution is 0.617. The van der Waals surface area contributed by atoms with Gasteiger partial charge >= 0.3 is 0 Å². The molecule has 0 atom stereocenters. The van der Waals surface area contributed by atoms with Crippen LogP contribution in [0.1, 0.15) is 23.6 Å². The lowest BCUT2D eigenvalue weighted by Gasteiger charge is -2.22. The molecule has 4 aromatic carbocycles. The number of para-hydroxylation sites is 2. The van der Waals surface area contributed by atoms with Crippen LogP contribution in [0.5, 0.6) is 0 Å². The molecule has 0 saturated heterocycles. The molecule has 4 aromatic rings. The molecule has 0 amide bonds. The standard InChI is InChI=1S/C37H31N2O/c1-2-25-9-3-6-12-30(25)37-31-17-15-28(38-21-19-26-10-4-7-13-33(26)38)23-35(31)40-36-24-29(16-18-32(36)37)39-22-20-27-11-5-8-14-34(27)39/h3-18,23-24H,2,19-22H2,1H3/q+1. The Kier molecular flexibility index (Phi) is 5.37. The van der Waals surface area contributed by atoms with E-state index in [-0.39, 0.29) is 0 Å². The molecule has 0 N–H and O–H groups in total. The van der Waals surface area contributed by atoms with Crippen molar-refractivity contribution >= 4 is 28.0 Å². The van der Waals surface area contributed by atoms with E-state index in [1.807, 2.05) is 0 Å². The second-order valence-corrected chi connectivity index (χ2v) is 10.9. The molecule has 194 valence electrons. The van der Waals surface area contributed by atoms with Crippen molar-refractivity contribution in [2.45, 2.75) is 26.2 Å². The van der Waals surface area contributed by atoms with E-state index < -0.39 is 0 Å². The van der Waals surface area contributed by atoms with Crippen molar-refractivity contribution < 1.29 is 4.42 Å². The summed E-state index contributed by atoms with van der Waals surface area (Å²) in [7, 11) is 0. The number of fused-ring (bicyclic) bond motifs is 4. The van der Waals surface area contributed by atoms with Crippen molar-refractivity contribution in [2.75, 3.05) is 18.0 Å². The van der Waals surface area contributed by atoms with E-state index in [0.29, 0.717) is 0 Å². The predicted molar refractivity (Wildman–Crippen MR) is 165 cm³/mol. The van der Waals surface area contributed by atoms with Gasteiger partial charge in [0, 0.05) is 64.6 Å². The van der Waals surface area contributed by atoms with Crippen LogP contribution in [0.4, 0.5) is 17.1 Å². The first-order valence-electron chi connectivity index (χ1n) is 14.4. The van der Waals surface area contributed by atoms with E-state index >= 15 is 0 Å². The van der Waals surface area contributed by atoms with Crippen molar-refractivity contribution in [2.24, 2.45) is 0 Å². The van der Waals surface area contributed by atoms with Crippen molar-refractivity contribution in [3.63, 3.8) is 0 Å². The average molecular weight is 520 g/mol. The average Bonchev–Trinajstić information content (AvgIpc) is 3.64. The maximum atomic E-state index is 6.80. The first-order chi connectivity index (χ1) is 19.8. The van der Waals surface area contributed by atoms with E-state index in [1.165, 1.54) is 50.2 Å². The number of hydrogen-bond acceptors (Lipinski definition) is 2. The molecule has 40 heavy (non-hydrogen) atoms. The summed E-state index contributed by atoms with van der Waals surface area (Å²) in [5, 5.41) is 2.34. The second-order valence-electron chi connectivity index (χ2n) is 10.9. The van der Waals surface area contributed by atoms with Gasteiger partial charge in [0.25, 0.3) is 0 Å². The van der Waals surface area contributed by atoms with Crippen LogP contribution >= 0.6 is 0 Å². The Hall–Kier alpha value is -4.63. The molecule has 3 heteroatoms. The van der Waals surface area contributed by atoms with Crippen molar-refractivity contribution in [1.82, 2.24) is 4.58 Å². The second kappa shape index (κ2) is 9.24. The fourth-order valence-electron chi connectivity index (χ4n) is 6.78. The fraction of sp³-hybridized carbons (Fsp3) is 0.162. The summed E-state index contributed by atoms with van der Waals surface area (Å²) in [4.78, 5) is 2.42. The molecule has 0 aromatic heterocycles. The Labute approximate surface area is 234 Å². The quantitative estimate of drug-likeness (QED) is 0.174. The van der Waals surface area contributed by atoms with E-state index in [9.17, 15) is 0 Å². The highest BCUT2D eigenvalue weighted by Crippen LogP contribution is 2.43. The van der Waals surface area contributed by atoms with Crippen LogP contribution in [0.25, 0.3) is 33.4 Å². The van der Waals surface area contributed by atoms with Crippen molar-refractivity contribution in [3.05, 3.63) is 131 Å². The molecule has 1 aliphatic carbocycles. The molecule has 0 spiro atoms. The number of aryl methyl sites for hydroxylation is 1. The first kappa shape index (κ1) is 23.3. The fourth-order valence-corrected chi connectivity index (χ4v) is 6.78. The van der Waals surface area contributed by atoms with Crippen molar-refractivity contribution in [1.29, 1.82) is 0 Å². The lowest BCUT2D eigenvalue weighted by atomic mass is 9.90. The minimum atomic E-state index is 0.925. The smallest absolute Gasteiger partial charge is 0.209 e. The zero-order chi connectivity index (χ0) is 26.6. The maximum absolute atomic E-state index is 6.80. The van der Waals surface area contributed by atoms with Gasteiger partial charge in [0.2, 0.25) is 11.0 Å². The summed E-state index contributed by atoms with van der Waals surface area (Å²) in [6, 6.07) is 39.8. The van der Waals surface area contributed by atoms with Crippen LogP contribution in [0.15, 0.2) is 114 Å². The van der Waals surface area contributed by atoms with E-state index in [0.717, 1.165) is 54.6 Å². The highest BCUT2D eigenvalue weighted by molar-refractivity contribution is 6.03. The summed E-state index contributed by atoms with van der Waals surface area (Å²) in [6.07, 6.45) is 3.12. The predicted octanol–water partition coefficient (Wildman–Crippen LogP) is 8.12. The molecule has 0 fully saturated rings. The zero-order valence-electron chi connectivity index (χ0n) is 22.7.